The Morgan fingerprint density at radius 1 is 0.629 bits per heavy atom. The third-order valence-corrected chi connectivity index (χ3v) is 11.8. The van der Waals surface area contributed by atoms with E-state index in [2.05, 4.69) is 25.8 Å². The van der Waals surface area contributed by atoms with Crippen LogP contribution in [0, 0.1) is 35.5 Å². The fourth-order valence-corrected chi connectivity index (χ4v) is 11.3. The number of nitrogens with one attached hydrogen (secondary N) is 3. The Hall–Kier alpha value is -0.660. The minimum absolute atomic E-state index is 0.309. The van der Waals surface area contributed by atoms with Crippen LogP contribution in [0.15, 0.2) is 0 Å². The average Bonchev–Trinajstić information content (AvgIpc) is 2.77. The van der Waals surface area contributed by atoms with E-state index in [0.29, 0.717) is 11.1 Å². The number of thiocarbonyl (C=S) groups is 2. The standard InChI is InChI=1S/C28H45N5S2/c34-25(30-27-13-19-7-20(14-27)9-21(8-19)15-27)29-1-2-32-3-5-33(6-4-32)26(35)31-28-16-22-10-23(17-28)12-24(11-22)18-28/h19-24H,1-18H2,(H,31,35)(H2,29,30,34). The van der Waals surface area contributed by atoms with Gasteiger partial charge in [0.1, 0.15) is 0 Å². The minimum atomic E-state index is 0.309. The van der Waals surface area contributed by atoms with Gasteiger partial charge in [0.25, 0.3) is 0 Å². The lowest BCUT2D eigenvalue weighted by atomic mass is 9.53. The van der Waals surface area contributed by atoms with Gasteiger partial charge in [0.05, 0.1) is 0 Å². The first-order valence-electron chi connectivity index (χ1n) is 14.8. The highest BCUT2D eigenvalue weighted by atomic mass is 32.1. The number of hydrogen-bond donors (Lipinski definition) is 3. The van der Waals surface area contributed by atoms with Crippen LogP contribution in [0.1, 0.15) is 77.0 Å². The molecule has 194 valence electrons. The predicted octanol–water partition coefficient (Wildman–Crippen LogP) is 3.88. The third-order valence-electron chi connectivity index (χ3n) is 11.2. The van der Waals surface area contributed by atoms with Crippen molar-refractivity contribution in [3.8, 4) is 0 Å². The maximum absolute atomic E-state index is 5.95. The van der Waals surface area contributed by atoms with E-state index in [1.165, 1.54) is 77.0 Å². The molecule has 1 saturated heterocycles. The van der Waals surface area contributed by atoms with Crippen LogP contribution < -0.4 is 16.0 Å². The fourth-order valence-electron chi connectivity index (χ4n) is 10.6. The lowest BCUT2D eigenvalue weighted by molar-refractivity contribution is -0.0115. The molecule has 7 heteroatoms. The van der Waals surface area contributed by atoms with E-state index in [0.717, 1.165) is 85.0 Å². The van der Waals surface area contributed by atoms with Gasteiger partial charge in [-0.3, -0.25) is 4.90 Å². The van der Waals surface area contributed by atoms with Crippen molar-refractivity contribution in [2.45, 2.75) is 88.1 Å². The second-order valence-corrected chi connectivity index (χ2v) is 14.8. The zero-order valence-electron chi connectivity index (χ0n) is 21.4. The molecule has 9 fully saturated rings. The van der Waals surface area contributed by atoms with Gasteiger partial charge >= 0.3 is 0 Å². The quantitative estimate of drug-likeness (QED) is 0.480. The van der Waals surface area contributed by atoms with E-state index < -0.39 is 0 Å². The van der Waals surface area contributed by atoms with Crippen LogP contribution in [-0.2, 0) is 0 Å². The first kappa shape index (κ1) is 23.5. The number of hydrogen-bond acceptors (Lipinski definition) is 3. The summed E-state index contributed by atoms with van der Waals surface area (Å²) in [5, 5.41) is 13.2. The third kappa shape index (κ3) is 4.71. The number of piperazine rings is 1. The summed E-state index contributed by atoms with van der Waals surface area (Å²) in [6.07, 6.45) is 17.0. The summed E-state index contributed by atoms with van der Waals surface area (Å²) in [4.78, 5) is 5.02. The molecule has 35 heavy (non-hydrogen) atoms. The molecule has 0 spiro atoms. The Labute approximate surface area is 222 Å². The lowest BCUT2D eigenvalue weighted by Gasteiger charge is -2.57. The maximum atomic E-state index is 5.95. The van der Waals surface area contributed by atoms with Gasteiger partial charge < -0.3 is 20.9 Å². The molecule has 0 aromatic rings. The fraction of sp³-hybridized carbons (Fsp3) is 0.929. The smallest absolute Gasteiger partial charge is 0.169 e. The number of rotatable bonds is 5. The van der Waals surface area contributed by atoms with Crippen molar-refractivity contribution in [3.63, 3.8) is 0 Å². The largest absolute Gasteiger partial charge is 0.361 e. The summed E-state index contributed by atoms with van der Waals surface area (Å²) in [6, 6.07) is 0. The van der Waals surface area contributed by atoms with Gasteiger partial charge in [0, 0.05) is 50.3 Å². The van der Waals surface area contributed by atoms with Crippen molar-refractivity contribution in [3.05, 3.63) is 0 Å². The molecule has 0 radical (unpaired) electrons. The van der Waals surface area contributed by atoms with Gasteiger partial charge in [-0.2, -0.15) is 0 Å². The van der Waals surface area contributed by atoms with Crippen molar-refractivity contribution in [1.29, 1.82) is 0 Å². The van der Waals surface area contributed by atoms with Crippen LogP contribution in [0.5, 0.6) is 0 Å². The second-order valence-electron chi connectivity index (χ2n) is 14.0. The van der Waals surface area contributed by atoms with Crippen LogP contribution >= 0.6 is 24.4 Å². The highest BCUT2D eigenvalue weighted by Crippen LogP contribution is 2.56. The molecule has 8 bridgehead atoms. The summed E-state index contributed by atoms with van der Waals surface area (Å²) in [7, 11) is 0. The molecule has 0 amide bonds. The van der Waals surface area contributed by atoms with Gasteiger partial charge in [-0.1, -0.05) is 0 Å². The van der Waals surface area contributed by atoms with Crippen LogP contribution in [0.25, 0.3) is 0 Å². The summed E-state index contributed by atoms with van der Waals surface area (Å²) >= 11 is 11.7. The number of nitrogens with zero attached hydrogens (tertiary/aromatic N) is 2. The Bertz CT molecular complexity index is 777. The molecule has 0 aromatic heterocycles. The van der Waals surface area contributed by atoms with Gasteiger partial charge in [-0.05, 0) is 137 Å². The van der Waals surface area contributed by atoms with E-state index in [9.17, 15) is 0 Å². The Morgan fingerprint density at radius 3 is 1.51 bits per heavy atom. The van der Waals surface area contributed by atoms with Gasteiger partial charge in [0.15, 0.2) is 10.2 Å². The molecule has 1 heterocycles. The van der Waals surface area contributed by atoms with Crippen molar-refractivity contribution in [1.82, 2.24) is 25.8 Å². The van der Waals surface area contributed by atoms with E-state index >= 15 is 0 Å². The normalized spacial score (nSPS) is 45.5. The molecule has 8 saturated carbocycles. The summed E-state index contributed by atoms with van der Waals surface area (Å²) in [5.41, 5.74) is 0.635. The first-order valence-corrected chi connectivity index (χ1v) is 15.6. The molecule has 1 aliphatic heterocycles. The summed E-state index contributed by atoms with van der Waals surface area (Å²) < 4.78 is 0. The predicted molar refractivity (Wildman–Crippen MR) is 149 cm³/mol. The minimum Gasteiger partial charge on any atom is -0.361 e. The highest BCUT2D eigenvalue weighted by Gasteiger charge is 2.52. The Balaban J connectivity index is 0.833. The first-order chi connectivity index (χ1) is 16.9. The molecule has 3 N–H and O–H groups in total. The maximum Gasteiger partial charge on any atom is 0.169 e. The van der Waals surface area contributed by atoms with Gasteiger partial charge in [-0.25, -0.2) is 0 Å². The molecule has 8 aliphatic carbocycles. The Morgan fingerprint density at radius 2 is 1.06 bits per heavy atom. The van der Waals surface area contributed by atoms with E-state index in [1.807, 2.05) is 0 Å². The molecule has 9 rings (SSSR count). The summed E-state index contributed by atoms with van der Waals surface area (Å²) in [5.74, 6) is 5.75. The van der Waals surface area contributed by atoms with E-state index in [4.69, 9.17) is 24.4 Å². The van der Waals surface area contributed by atoms with E-state index in [1.54, 1.807) is 0 Å². The SMILES string of the molecule is S=C(NCCN1CCN(C(=S)NC23CC4CC(CC(C4)C2)C3)CC1)NC12CC3CC(CC(C3)C1)C2. The van der Waals surface area contributed by atoms with Crippen molar-refractivity contribution >= 4 is 34.7 Å². The molecular formula is C28H45N5S2. The van der Waals surface area contributed by atoms with Crippen molar-refractivity contribution in [2.24, 2.45) is 35.5 Å². The molecule has 0 atom stereocenters. The van der Waals surface area contributed by atoms with Crippen molar-refractivity contribution in [2.75, 3.05) is 39.3 Å². The summed E-state index contributed by atoms with van der Waals surface area (Å²) in [6.45, 7) is 6.29. The van der Waals surface area contributed by atoms with Crippen LogP contribution in [0.2, 0.25) is 0 Å². The van der Waals surface area contributed by atoms with Crippen molar-refractivity contribution < 1.29 is 0 Å². The monoisotopic (exact) mass is 515 g/mol. The topological polar surface area (TPSA) is 42.6 Å². The molecular weight excluding hydrogens is 470 g/mol. The van der Waals surface area contributed by atoms with E-state index in [-0.39, 0.29) is 0 Å². The molecule has 0 aromatic carbocycles. The Kier molecular flexibility index (Phi) is 6.01. The van der Waals surface area contributed by atoms with Crippen LogP contribution in [0.4, 0.5) is 0 Å². The van der Waals surface area contributed by atoms with Crippen LogP contribution in [-0.4, -0.2) is 70.4 Å². The zero-order valence-corrected chi connectivity index (χ0v) is 23.0. The average molecular weight is 516 g/mol. The lowest BCUT2D eigenvalue weighted by Crippen LogP contribution is -2.63. The van der Waals surface area contributed by atoms with Crippen LogP contribution in [0.3, 0.4) is 0 Å². The second kappa shape index (κ2) is 8.97. The molecule has 5 nitrogen and oxygen atoms in total. The van der Waals surface area contributed by atoms with Gasteiger partial charge in [0.2, 0.25) is 0 Å². The van der Waals surface area contributed by atoms with Gasteiger partial charge in [-0.15, -0.1) is 0 Å². The molecule has 9 aliphatic rings. The molecule has 0 unspecified atom stereocenters. The zero-order chi connectivity index (χ0) is 23.6. The highest BCUT2D eigenvalue weighted by molar-refractivity contribution is 7.80.